The normalized spacial score (nSPS) is 21.7. The van der Waals surface area contributed by atoms with Crippen molar-refractivity contribution in [1.29, 1.82) is 0 Å². The summed E-state index contributed by atoms with van der Waals surface area (Å²) in [5.74, 6) is -0.175. The summed E-state index contributed by atoms with van der Waals surface area (Å²) in [5.41, 5.74) is 2.44. The monoisotopic (exact) mass is 526 g/mol. The maximum atomic E-state index is 12.4. The van der Waals surface area contributed by atoms with E-state index in [4.69, 9.17) is 16.3 Å². The van der Waals surface area contributed by atoms with Crippen LogP contribution in [-0.2, 0) is 4.74 Å². The zero-order valence-electron chi connectivity index (χ0n) is 19.8. The lowest BCUT2D eigenvalue weighted by atomic mass is 9.90. The molecule has 10 heteroatoms. The number of thiazole rings is 1. The number of ether oxygens (including phenoxy) is 1. The van der Waals surface area contributed by atoms with Gasteiger partial charge < -0.3 is 15.0 Å². The molecule has 3 unspecified atom stereocenters. The molecule has 3 atom stereocenters. The Labute approximate surface area is 218 Å². The minimum absolute atomic E-state index is 0.0240. The molecule has 0 aliphatic carbocycles. The molecule has 2 bridgehead atoms. The first kappa shape index (κ1) is 24.5. The molecular weight excluding hydrogens is 500 g/mol. The highest BCUT2D eigenvalue weighted by Gasteiger charge is 2.44. The molecule has 1 aromatic heterocycles. The Morgan fingerprint density at radius 1 is 1.22 bits per heavy atom. The lowest BCUT2D eigenvalue weighted by molar-refractivity contribution is -0.384. The number of aromatic nitrogens is 1. The van der Waals surface area contributed by atoms with Crippen molar-refractivity contribution < 1.29 is 14.5 Å². The second-order valence-corrected chi connectivity index (χ2v) is 10.6. The molecule has 188 valence electrons. The van der Waals surface area contributed by atoms with E-state index >= 15 is 0 Å². The molecule has 2 saturated heterocycles. The smallest absolute Gasteiger partial charge is 0.410 e. The predicted molar refractivity (Wildman–Crippen MR) is 140 cm³/mol. The van der Waals surface area contributed by atoms with Crippen molar-refractivity contribution in [2.45, 2.75) is 56.7 Å². The van der Waals surface area contributed by atoms with E-state index in [2.05, 4.69) is 10.3 Å². The van der Waals surface area contributed by atoms with E-state index in [0.29, 0.717) is 17.3 Å². The van der Waals surface area contributed by atoms with E-state index < -0.39 is 0 Å². The molecule has 2 fully saturated rings. The van der Waals surface area contributed by atoms with Crippen LogP contribution in [0.5, 0.6) is 0 Å². The first-order chi connectivity index (χ1) is 17.4. The number of amides is 1. The highest BCUT2D eigenvalue weighted by molar-refractivity contribution is 7.09. The molecule has 8 nitrogen and oxygen atoms in total. The summed E-state index contributed by atoms with van der Waals surface area (Å²) < 4.78 is 5.26. The van der Waals surface area contributed by atoms with Crippen LogP contribution < -0.4 is 5.32 Å². The third-order valence-electron chi connectivity index (χ3n) is 7.02. The summed E-state index contributed by atoms with van der Waals surface area (Å²) in [6.07, 6.45) is 4.80. The summed E-state index contributed by atoms with van der Waals surface area (Å²) >= 11 is 7.67. The number of carbonyl (C=O) groups excluding carboxylic acids is 1. The van der Waals surface area contributed by atoms with E-state index in [9.17, 15) is 14.9 Å². The minimum Gasteiger partial charge on any atom is -0.450 e. The second kappa shape index (κ2) is 10.4. The number of nitro benzene ring substituents is 1. The van der Waals surface area contributed by atoms with Crippen molar-refractivity contribution in [3.05, 3.63) is 85.3 Å². The quantitative estimate of drug-likeness (QED) is 0.280. The van der Waals surface area contributed by atoms with E-state index in [1.807, 2.05) is 47.5 Å². The summed E-state index contributed by atoms with van der Waals surface area (Å²) in [6, 6.07) is 13.0. The van der Waals surface area contributed by atoms with Crippen LogP contribution in [0.4, 0.5) is 16.2 Å². The van der Waals surface area contributed by atoms with Crippen LogP contribution in [0.3, 0.4) is 0 Å². The number of anilines is 1. The summed E-state index contributed by atoms with van der Waals surface area (Å²) in [6.45, 7) is 2.16. The molecular formula is C26H27ClN4O4S. The van der Waals surface area contributed by atoms with Crippen LogP contribution in [0.15, 0.2) is 54.0 Å². The van der Waals surface area contributed by atoms with Gasteiger partial charge in [0, 0.05) is 40.8 Å². The van der Waals surface area contributed by atoms with E-state index in [-0.39, 0.29) is 40.7 Å². The van der Waals surface area contributed by atoms with Gasteiger partial charge in [-0.2, -0.15) is 0 Å². The standard InChI is InChI=1S/C26H27ClN4O4S/c1-2-35-26(32)30-20-8-9-21(30)15-19(14-20)29-22-13-17(5-10-23(22)31(33)34)24(25-28-11-12-36-25)16-3-6-18(27)7-4-16/h3-7,10-13,19-21,24,29H,2,8-9,14-15H2,1H3. The average molecular weight is 527 g/mol. The molecule has 5 rings (SSSR count). The first-order valence-corrected chi connectivity index (χ1v) is 13.3. The third kappa shape index (κ3) is 4.90. The van der Waals surface area contributed by atoms with Gasteiger partial charge in [0.15, 0.2) is 0 Å². The molecule has 3 aromatic rings. The number of hydrogen-bond acceptors (Lipinski definition) is 7. The van der Waals surface area contributed by atoms with Gasteiger partial charge >= 0.3 is 6.09 Å². The Morgan fingerprint density at radius 2 is 1.92 bits per heavy atom. The Kier molecular flexibility index (Phi) is 7.11. The number of nitrogens with one attached hydrogen (secondary N) is 1. The van der Waals surface area contributed by atoms with Gasteiger partial charge in [0.1, 0.15) is 10.7 Å². The lowest BCUT2D eigenvalue weighted by Gasteiger charge is -2.38. The Balaban J connectivity index is 1.44. The van der Waals surface area contributed by atoms with Gasteiger partial charge in [-0.15, -0.1) is 11.3 Å². The Morgan fingerprint density at radius 3 is 2.53 bits per heavy atom. The molecule has 36 heavy (non-hydrogen) atoms. The minimum atomic E-state index is -0.352. The second-order valence-electron chi connectivity index (χ2n) is 9.19. The van der Waals surface area contributed by atoms with Gasteiger partial charge in [0.2, 0.25) is 0 Å². The van der Waals surface area contributed by atoms with Gasteiger partial charge in [-0.05, 0) is 61.9 Å². The van der Waals surface area contributed by atoms with E-state index in [0.717, 1.165) is 41.8 Å². The number of halogens is 1. The van der Waals surface area contributed by atoms with Crippen LogP contribution in [0.1, 0.15) is 54.7 Å². The van der Waals surface area contributed by atoms with Crippen molar-refractivity contribution in [3.63, 3.8) is 0 Å². The van der Waals surface area contributed by atoms with Crippen LogP contribution in [0.2, 0.25) is 5.02 Å². The van der Waals surface area contributed by atoms with Crippen LogP contribution in [0.25, 0.3) is 0 Å². The molecule has 2 aromatic carbocycles. The number of hydrogen-bond donors (Lipinski definition) is 1. The first-order valence-electron chi connectivity index (χ1n) is 12.1. The Bertz CT molecular complexity index is 1220. The van der Waals surface area contributed by atoms with Gasteiger partial charge in [-0.3, -0.25) is 10.1 Å². The van der Waals surface area contributed by atoms with Crippen molar-refractivity contribution in [2.75, 3.05) is 11.9 Å². The largest absolute Gasteiger partial charge is 0.450 e. The van der Waals surface area contributed by atoms with E-state index in [1.165, 1.54) is 0 Å². The summed E-state index contributed by atoms with van der Waals surface area (Å²) in [7, 11) is 0. The van der Waals surface area contributed by atoms with Crippen LogP contribution in [0, 0.1) is 10.1 Å². The summed E-state index contributed by atoms with van der Waals surface area (Å²) in [4.78, 5) is 30.4. The van der Waals surface area contributed by atoms with Gasteiger partial charge in [-0.25, -0.2) is 9.78 Å². The van der Waals surface area contributed by atoms with Gasteiger partial charge in [0.05, 0.1) is 17.4 Å². The third-order valence-corrected chi connectivity index (χ3v) is 8.12. The van der Waals surface area contributed by atoms with Crippen molar-refractivity contribution in [3.8, 4) is 0 Å². The van der Waals surface area contributed by atoms with Crippen molar-refractivity contribution >= 4 is 40.4 Å². The molecule has 3 heterocycles. The number of benzene rings is 2. The molecule has 2 aliphatic heterocycles. The maximum absolute atomic E-state index is 12.4. The highest BCUT2D eigenvalue weighted by Crippen LogP contribution is 2.40. The fourth-order valence-corrected chi connectivity index (χ4v) is 6.45. The lowest BCUT2D eigenvalue weighted by Crippen LogP contribution is -2.49. The number of fused-ring (bicyclic) bond motifs is 2. The maximum Gasteiger partial charge on any atom is 0.410 e. The molecule has 0 saturated carbocycles. The predicted octanol–water partition coefficient (Wildman–Crippen LogP) is 6.45. The van der Waals surface area contributed by atoms with E-state index in [1.54, 1.807) is 29.7 Å². The zero-order valence-corrected chi connectivity index (χ0v) is 21.4. The summed E-state index contributed by atoms with van der Waals surface area (Å²) in [5, 5.41) is 18.8. The fourth-order valence-electron chi connectivity index (χ4n) is 5.53. The number of nitrogens with zero attached hydrogens (tertiary/aromatic N) is 3. The Hall–Kier alpha value is -3.17. The molecule has 1 amide bonds. The number of rotatable bonds is 7. The fraction of sp³-hybridized carbons (Fsp3) is 0.385. The van der Waals surface area contributed by atoms with Crippen LogP contribution in [-0.4, -0.2) is 45.6 Å². The number of nitro groups is 1. The van der Waals surface area contributed by atoms with Crippen LogP contribution >= 0.6 is 22.9 Å². The molecule has 0 spiro atoms. The SMILES string of the molecule is CCOC(=O)N1C2CCC1CC(Nc1cc(C(c3ccc(Cl)cc3)c3nccs3)ccc1[N+](=O)[O-])C2. The molecule has 2 aliphatic rings. The van der Waals surface area contributed by atoms with Crippen molar-refractivity contribution in [2.24, 2.45) is 0 Å². The van der Waals surface area contributed by atoms with Crippen molar-refractivity contribution in [1.82, 2.24) is 9.88 Å². The highest BCUT2D eigenvalue weighted by atomic mass is 35.5. The topological polar surface area (TPSA) is 97.6 Å². The van der Waals surface area contributed by atoms with Gasteiger partial charge in [-0.1, -0.05) is 29.8 Å². The average Bonchev–Trinajstić information content (AvgIpc) is 3.47. The molecule has 1 N–H and O–H groups in total. The zero-order chi connectivity index (χ0) is 25.2. The van der Waals surface area contributed by atoms with Gasteiger partial charge in [0.25, 0.3) is 5.69 Å². The number of piperidine rings is 1. The number of carbonyl (C=O) groups is 1. The molecule has 0 radical (unpaired) electrons.